The van der Waals surface area contributed by atoms with E-state index in [2.05, 4.69) is 10.2 Å². The predicted molar refractivity (Wildman–Crippen MR) is 58.0 cm³/mol. The van der Waals surface area contributed by atoms with Crippen molar-refractivity contribution in [3.8, 4) is 28.1 Å². The van der Waals surface area contributed by atoms with Gasteiger partial charge >= 0.3 is 0 Å². The first-order valence-electron chi connectivity index (χ1n) is 4.42. The zero-order valence-electron chi connectivity index (χ0n) is 8.08. The van der Waals surface area contributed by atoms with Crippen molar-refractivity contribution in [2.45, 2.75) is 6.42 Å². The maximum atomic E-state index is 9.60. The number of nitriles is 1. The van der Waals surface area contributed by atoms with E-state index in [4.69, 9.17) is 10.4 Å². The molecular weight excluding hydrogens is 226 g/mol. The van der Waals surface area contributed by atoms with E-state index in [9.17, 15) is 5.11 Å². The summed E-state index contributed by atoms with van der Waals surface area (Å²) in [4.78, 5) is 0. The standard InChI is InChI=1S/C10H7N3O2S/c11-4-3-9-12-13-10(16-9)7-2-1-6(14)5-8(7)15/h1-2,5,14-15H,3H2. The Hall–Kier alpha value is -2.13. The van der Waals surface area contributed by atoms with E-state index in [1.807, 2.05) is 6.07 Å². The largest absolute Gasteiger partial charge is 0.508 e. The van der Waals surface area contributed by atoms with Crippen molar-refractivity contribution in [1.82, 2.24) is 10.2 Å². The fraction of sp³-hybridized carbons (Fsp3) is 0.100. The van der Waals surface area contributed by atoms with Gasteiger partial charge in [0.05, 0.1) is 18.1 Å². The van der Waals surface area contributed by atoms with E-state index < -0.39 is 0 Å². The Bertz CT molecular complexity index is 559. The van der Waals surface area contributed by atoms with Crippen molar-refractivity contribution in [2.75, 3.05) is 0 Å². The molecule has 1 aromatic carbocycles. The third-order valence-corrected chi connectivity index (χ3v) is 2.87. The van der Waals surface area contributed by atoms with Crippen LogP contribution in [0.4, 0.5) is 0 Å². The lowest BCUT2D eigenvalue weighted by molar-refractivity contribution is 0.452. The molecule has 0 unspecified atom stereocenters. The van der Waals surface area contributed by atoms with E-state index in [0.29, 0.717) is 15.6 Å². The van der Waals surface area contributed by atoms with Crippen molar-refractivity contribution in [1.29, 1.82) is 5.26 Å². The minimum Gasteiger partial charge on any atom is -0.508 e. The lowest BCUT2D eigenvalue weighted by Gasteiger charge is -1.99. The van der Waals surface area contributed by atoms with E-state index in [-0.39, 0.29) is 17.9 Å². The second-order valence-corrected chi connectivity index (χ2v) is 4.10. The number of benzene rings is 1. The average Bonchev–Trinajstić information content (AvgIpc) is 2.67. The van der Waals surface area contributed by atoms with Crippen LogP contribution in [0.3, 0.4) is 0 Å². The number of nitrogens with zero attached hydrogens (tertiary/aromatic N) is 3. The van der Waals surface area contributed by atoms with Crippen LogP contribution in [0.25, 0.3) is 10.6 Å². The highest BCUT2D eigenvalue weighted by atomic mass is 32.1. The molecule has 2 aromatic rings. The Morgan fingerprint density at radius 2 is 2.12 bits per heavy atom. The first-order chi connectivity index (χ1) is 7.70. The van der Waals surface area contributed by atoms with Gasteiger partial charge in [-0.15, -0.1) is 10.2 Å². The van der Waals surface area contributed by atoms with Gasteiger partial charge in [0.15, 0.2) is 5.01 Å². The zero-order chi connectivity index (χ0) is 11.5. The number of hydrogen-bond donors (Lipinski definition) is 2. The molecule has 5 nitrogen and oxygen atoms in total. The van der Waals surface area contributed by atoms with Crippen LogP contribution in [-0.4, -0.2) is 20.4 Å². The summed E-state index contributed by atoms with van der Waals surface area (Å²) in [5, 5.41) is 36.1. The molecule has 0 spiro atoms. The maximum absolute atomic E-state index is 9.60. The molecule has 0 radical (unpaired) electrons. The smallest absolute Gasteiger partial charge is 0.151 e. The number of rotatable bonds is 2. The summed E-state index contributed by atoms with van der Waals surface area (Å²) in [5.41, 5.74) is 0.500. The third-order valence-electron chi connectivity index (χ3n) is 1.91. The lowest BCUT2D eigenvalue weighted by Crippen LogP contribution is -1.79. The van der Waals surface area contributed by atoms with E-state index >= 15 is 0 Å². The Labute approximate surface area is 95.2 Å². The van der Waals surface area contributed by atoms with Crippen molar-refractivity contribution in [3.63, 3.8) is 0 Å². The number of aromatic nitrogens is 2. The molecule has 0 saturated heterocycles. The maximum Gasteiger partial charge on any atom is 0.151 e. The summed E-state index contributed by atoms with van der Waals surface area (Å²) in [6.07, 6.45) is 0.205. The normalized spacial score (nSPS) is 9.94. The first-order valence-corrected chi connectivity index (χ1v) is 5.24. The summed E-state index contributed by atoms with van der Waals surface area (Å²) in [5.74, 6) is -0.0670. The molecule has 1 aromatic heterocycles. The van der Waals surface area contributed by atoms with Gasteiger partial charge in [-0.05, 0) is 12.1 Å². The summed E-state index contributed by atoms with van der Waals surface area (Å²) in [7, 11) is 0. The SMILES string of the molecule is N#CCc1nnc(-c2ccc(O)cc2O)s1. The number of phenolic OH excluding ortho intramolecular Hbond substituents is 2. The molecule has 2 rings (SSSR count). The molecule has 0 amide bonds. The molecule has 1 heterocycles. The molecule has 0 aliphatic rings. The van der Waals surface area contributed by atoms with Gasteiger partial charge in [-0.2, -0.15) is 5.26 Å². The monoisotopic (exact) mass is 233 g/mol. The molecule has 80 valence electrons. The summed E-state index contributed by atoms with van der Waals surface area (Å²) in [6.45, 7) is 0. The highest BCUT2D eigenvalue weighted by Crippen LogP contribution is 2.33. The van der Waals surface area contributed by atoms with Crippen LogP contribution in [0.5, 0.6) is 11.5 Å². The molecule has 16 heavy (non-hydrogen) atoms. The molecule has 0 fully saturated rings. The molecule has 0 bridgehead atoms. The van der Waals surface area contributed by atoms with Crippen LogP contribution in [0.2, 0.25) is 0 Å². The van der Waals surface area contributed by atoms with Crippen molar-refractivity contribution in [2.24, 2.45) is 0 Å². The van der Waals surface area contributed by atoms with Crippen LogP contribution in [0.1, 0.15) is 5.01 Å². The van der Waals surface area contributed by atoms with Gasteiger partial charge in [-0.25, -0.2) is 0 Å². The quantitative estimate of drug-likeness (QED) is 0.823. The second kappa shape index (κ2) is 4.16. The van der Waals surface area contributed by atoms with Gasteiger partial charge in [0.1, 0.15) is 16.5 Å². The lowest BCUT2D eigenvalue weighted by atomic mass is 10.2. The minimum atomic E-state index is -0.0559. The zero-order valence-corrected chi connectivity index (χ0v) is 8.90. The van der Waals surface area contributed by atoms with Crippen LogP contribution < -0.4 is 0 Å². The molecule has 2 N–H and O–H groups in total. The van der Waals surface area contributed by atoms with Crippen molar-refractivity contribution >= 4 is 11.3 Å². The summed E-state index contributed by atoms with van der Waals surface area (Å²) in [6, 6.07) is 6.23. The average molecular weight is 233 g/mol. The van der Waals surface area contributed by atoms with E-state index in [1.165, 1.54) is 23.5 Å². The molecule has 0 atom stereocenters. The predicted octanol–water partition coefficient (Wildman–Crippen LogP) is 1.68. The molecule has 6 heteroatoms. The van der Waals surface area contributed by atoms with Crippen molar-refractivity contribution < 1.29 is 10.2 Å². The second-order valence-electron chi connectivity index (χ2n) is 3.04. The van der Waals surface area contributed by atoms with Crippen LogP contribution in [-0.2, 0) is 6.42 Å². The highest BCUT2D eigenvalue weighted by Gasteiger charge is 2.10. The van der Waals surface area contributed by atoms with Gasteiger partial charge in [0, 0.05) is 6.07 Å². The number of hydrogen-bond acceptors (Lipinski definition) is 6. The van der Waals surface area contributed by atoms with E-state index in [1.54, 1.807) is 6.07 Å². The van der Waals surface area contributed by atoms with E-state index in [0.717, 1.165) is 0 Å². The van der Waals surface area contributed by atoms with Gasteiger partial charge < -0.3 is 10.2 Å². The topological polar surface area (TPSA) is 90.0 Å². The van der Waals surface area contributed by atoms with Crippen molar-refractivity contribution in [3.05, 3.63) is 23.2 Å². The highest BCUT2D eigenvalue weighted by molar-refractivity contribution is 7.14. The van der Waals surface area contributed by atoms with Crippen LogP contribution in [0, 0.1) is 11.3 Å². The van der Waals surface area contributed by atoms with Crippen LogP contribution in [0.15, 0.2) is 18.2 Å². The summed E-state index contributed by atoms with van der Waals surface area (Å²) >= 11 is 1.24. The number of phenols is 2. The Kier molecular flexibility index (Phi) is 2.70. The van der Waals surface area contributed by atoms with Gasteiger partial charge in [-0.1, -0.05) is 11.3 Å². The van der Waals surface area contributed by atoms with Gasteiger partial charge in [-0.3, -0.25) is 0 Å². The molecular formula is C10H7N3O2S. The fourth-order valence-corrected chi connectivity index (χ4v) is 2.01. The Morgan fingerprint density at radius 3 is 2.81 bits per heavy atom. The third kappa shape index (κ3) is 1.94. The Balaban J connectivity index is 2.39. The van der Waals surface area contributed by atoms with Crippen LogP contribution >= 0.6 is 11.3 Å². The first kappa shape index (κ1) is 10.4. The summed E-state index contributed by atoms with van der Waals surface area (Å²) < 4.78 is 0. The Morgan fingerprint density at radius 1 is 1.31 bits per heavy atom. The number of aromatic hydroxyl groups is 2. The minimum absolute atomic E-state index is 0.0111. The fourth-order valence-electron chi connectivity index (χ4n) is 1.20. The molecule has 0 aliphatic carbocycles. The van der Waals surface area contributed by atoms with Gasteiger partial charge in [0.25, 0.3) is 0 Å². The molecule has 0 aliphatic heterocycles. The molecule has 0 saturated carbocycles. The van der Waals surface area contributed by atoms with Gasteiger partial charge in [0.2, 0.25) is 0 Å².